The van der Waals surface area contributed by atoms with Crippen LogP contribution < -0.4 is 15.6 Å². The van der Waals surface area contributed by atoms with Gasteiger partial charge in [0.05, 0.1) is 5.56 Å². The number of ether oxygens (including phenoxy) is 1. The van der Waals surface area contributed by atoms with Crippen LogP contribution in [0, 0.1) is 20.8 Å². The van der Waals surface area contributed by atoms with Gasteiger partial charge in [0.15, 0.2) is 6.61 Å². The van der Waals surface area contributed by atoms with Gasteiger partial charge < -0.3 is 4.74 Å². The van der Waals surface area contributed by atoms with Crippen molar-refractivity contribution >= 4 is 23.4 Å². The van der Waals surface area contributed by atoms with E-state index in [4.69, 9.17) is 26.9 Å². The average Bonchev–Trinajstić information content (AvgIpc) is 2.55. The fraction of sp³-hybridized carbons (Fsp3) is 0.222. The van der Waals surface area contributed by atoms with Crippen LogP contribution in [-0.4, -0.2) is 18.4 Å². The lowest BCUT2D eigenvalue weighted by Gasteiger charge is -2.08. The second-order valence-corrected chi connectivity index (χ2v) is 5.90. The Morgan fingerprint density at radius 1 is 1.17 bits per heavy atom. The summed E-state index contributed by atoms with van der Waals surface area (Å²) in [6.45, 7) is 5.46. The zero-order chi connectivity index (χ0) is 17.7. The summed E-state index contributed by atoms with van der Waals surface area (Å²) in [7, 11) is 0. The first-order chi connectivity index (χ1) is 11.4. The van der Waals surface area contributed by atoms with E-state index < -0.39 is 5.97 Å². The molecule has 0 aromatic heterocycles. The molecule has 0 spiro atoms. The number of benzene rings is 2. The quantitative estimate of drug-likeness (QED) is 0.373. The topological polar surface area (TPSA) is 75.5 Å². The third kappa shape index (κ3) is 4.73. The van der Waals surface area contributed by atoms with Crippen LogP contribution in [0.3, 0.4) is 0 Å². The van der Waals surface area contributed by atoms with Crippen molar-refractivity contribution < 1.29 is 19.5 Å². The van der Waals surface area contributed by atoms with Crippen LogP contribution >= 0.6 is 11.6 Å². The number of nitrogen functional groups attached to an aromatic ring is 1. The van der Waals surface area contributed by atoms with Gasteiger partial charge in [0.25, 0.3) is 0 Å². The molecule has 2 rings (SSSR count). The first-order valence-corrected chi connectivity index (χ1v) is 7.79. The normalized spacial score (nSPS) is 11.2. The van der Waals surface area contributed by atoms with Crippen molar-refractivity contribution in [3.05, 3.63) is 63.7 Å². The monoisotopic (exact) mass is 347 g/mol. The number of rotatable bonds is 5. The molecule has 0 aliphatic heterocycles. The summed E-state index contributed by atoms with van der Waals surface area (Å²) < 4.78 is 5.42. The van der Waals surface area contributed by atoms with Crippen molar-refractivity contribution in [2.45, 2.75) is 20.8 Å². The Morgan fingerprint density at radius 2 is 1.83 bits per heavy atom. The Bertz CT molecular complexity index is 765. The van der Waals surface area contributed by atoms with Gasteiger partial charge in [-0.25, -0.2) is 4.79 Å². The fourth-order valence-electron chi connectivity index (χ4n) is 2.14. The zero-order valence-electron chi connectivity index (χ0n) is 13.9. The van der Waals surface area contributed by atoms with Gasteiger partial charge >= 0.3 is 11.8 Å². The highest BCUT2D eigenvalue weighted by atomic mass is 35.5. The molecule has 2 aromatic rings. The molecule has 0 saturated carbocycles. The molecule has 0 atom stereocenters. The number of carbonyl (C=O) groups excluding carboxylic acids is 1. The molecule has 2 aromatic carbocycles. The molecule has 6 heteroatoms. The van der Waals surface area contributed by atoms with Crippen molar-refractivity contribution in [1.82, 2.24) is 0 Å². The van der Waals surface area contributed by atoms with Crippen LogP contribution in [0.4, 0.5) is 0 Å². The van der Waals surface area contributed by atoms with Gasteiger partial charge in [0.2, 0.25) is 0 Å². The van der Waals surface area contributed by atoms with Crippen LogP contribution in [-0.2, 0) is 9.63 Å². The fourth-order valence-corrected chi connectivity index (χ4v) is 2.25. The first kappa shape index (κ1) is 17.8. The maximum atomic E-state index is 11.8. The molecule has 0 bridgehead atoms. The predicted octanol–water partition coefficient (Wildman–Crippen LogP) is 1.59. The molecule has 3 N–H and O–H groups in total. The molecule has 126 valence electrons. The van der Waals surface area contributed by atoms with E-state index in [9.17, 15) is 4.79 Å². The van der Waals surface area contributed by atoms with E-state index in [1.165, 1.54) is 0 Å². The van der Waals surface area contributed by atoms with E-state index in [0.717, 1.165) is 22.3 Å². The average molecular weight is 348 g/mol. The number of aryl methyl sites for hydroxylation is 3. The van der Waals surface area contributed by atoms with Crippen molar-refractivity contribution in [1.29, 1.82) is 0 Å². The lowest BCUT2D eigenvalue weighted by molar-refractivity contribution is -0.724. The van der Waals surface area contributed by atoms with Gasteiger partial charge in [-0.3, -0.25) is 10.6 Å². The summed E-state index contributed by atoms with van der Waals surface area (Å²) in [5.41, 5.74) is 9.42. The smallest absolute Gasteiger partial charge is 0.394 e. The molecule has 0 radical (unpaired) electrons. The van der Waals surface area contributed by atoms with Gasteiger partial charge in [-0.1, -0.05) is 34.5 Å². The first-order valence-electron chi connectivity index (χ1n) is 7.41. The minimum Gasteiger partial charge on any atom is -0.482 e. The lowest BCUT2D eigenvalue weighted by Crippen LogP contribution is -2.76. The van der Waals surface area contributed by atoms with E-state index in [1.807, 2.05) is 45.0 Å². The van der Waals surface area contributed by atoms with Gasteiger partial charge in [0.1, 0.15) is 5.75 Å². The highest BCUT2D eigenvalue weighted by molar-refractivity contribution is 6.32. The highest BCUT2D eigenvalue weighted by Crippen LogP contribution is 2.25. The van der Waals surface area contributed by atoms with Gasteiger partial charge in [-0.05, 0) is 56.2 Å². The Kier molecular flexibility index (Phi) is 5.82. The molecule has 0 unspecified atom stereocenters. The molecule has 0 heterocycles. The van der Waals surface area contributed by atoms with E-state index in [-0.39, 0.29) is 12.4 Å². The maximum absolute atomic E-state index is 11.8. The summed E-state index contributed by atoms with van der Waals surface area (Å²) in [6, 6.07) is 11.1. The molecular weight excluding hydrogens is 328 g/mol. The van der Waals surface area contributed by atoms with Crippen molar-refractivity contribution in [2.24, 2.45) is 5.73 Å². The summed E-state index contributed by atoms with van der Waals surface area (Å²) in [6.07, 6.45) is 0. The molecule has 0 fully saturated rings. The third-order valence-corrected chi connectivity index (χ3v) is 3.97. The highest BCUT2D eigenvalue weighted by Gasteiger charge is 2.10. The number of nitrogens with one attached hydrogen (secondary N) is 1. The van der Waals surface area contributed by atoms with Crippen LogP contribution in [0.5, 0.6) is 5.75 Å². The van der Waals surface area contributed by atoms with E-state index in [1.54, 1.807) is 12.1 Å². The SMILES string of the molecule is Cc1cccc(C(N)=[NH+]OC(=O)COc2cc(C)c(Cl)c(C)c2)c1. The standard InChI is InChI=1S/C18H19ClN2O3/c1-11-5-4-6-14(7-11)18(20)21-24-16(22)10-23-15-8-12(2)17(19)13(3)9-15/h4-9H,10H2,1-3H3,(H2,20,21)/p+1. The molecule has 24 heavy (non-hydrogen) atoms. The molecule has 5 nitrogen and oxygen atoms in total. The number of nitrogens with two attached hydrogens (primary N) is 1. The van der Waals surface area contributed by atoms with E-state index in [0.29, 0.717) is 10.8 Å². The maximum Gasteiger partial charge on any atom is 0.394 e. The van der Waals surface area contributed by atoms with Gasteiger partial charge in [-0.15, -0.1) is 0 Å². The largest absolute Gasteiger partial charge is 0.482 e. The summed E-state index contributed by atoms with van der Waals surface area (Å²) >= 11 is 6.09. The molecule has 0 saturated heterocycles. The number of halogens is 1. The molecular formula is C18H20ClN2O3+. The number of hydrogen-bond donors (Lipinski definition) is 2. The Balaban J connectivity index is 1.93. The molecule has 0 aliphatic rings. The third-order valence-electron chi connectivity index (χ3n) is 3.37. The minimum atomic E-state index is -0.587. The summed E-state index contributed by atoms with van der Waals surface area (Å²) in [4.78, 5) is 16.7. The van der Waals surface area contributed by atoms with E-state index in [2.05, 4.69) is 5.16 Å². The second kappa shape index (κ2) is 7.84. The molecule has 0 amide bonds. The van der Waals surface area contributed by atoms with Crippen molar-refractivity contribution in [3.8, 4) is 5.75 Å². The zero-order valence-corrected chi connectivity index (χ0v) is 14.6. The predicted molar refractivity (Wildman–Crippen MR) is 93.0 cm³/mol. The Morgan fingerprint density at radius 3 is 2.46 bits per heavy atom. The van der Waals surface area contributed by atoms with Crippen LogP contribution in [0.1, 0.15) is 22.3 Å². The number of carbonyl (C=O) groups is 1. The van der Waals surface area contributed by atoms with Crippen molar-refractivity contribution in [2.75, 3.05) is 6.61 Å². The second-order valence-electron chi connectivity index (χ2n) is 5.52. The summed E-state index contributed by atoms with van der Waals surface area (Å²) in [5, 5.41) is 3.12. The van der Waals surface area contributed by atoms with Gasteiger partial charge in [0, 0.05) is 5.02 Å². The van der Waals surface area contributed by atoms with Crippen LogP contribution in [0.2, 0.25) is 5.02 Å². The lowest BCUT2D eigenvalue weighted by atomic mass is 10.1. The molecule has 0 aliphatic carbocycles. The van der Waals surface area contributed by atoms with E-state index >= 15 is 0 Å². The number of hydrogen-bond acceptors (Lipinski definition) is 3. The Hall–Kier alpha value is -2.53. The van der Waals surface area contributed by atoms with Crippen molar-refractivity contribution in [3.63, 3.8) is 0 Å². The van der Waals surface area contributed by atoms with Crippen LogP contribution in [0.15, 0.2) is 36.4 Å². The minimum absolute atomic E-state index is 0.241. The summed E-state index contributed by atoms with van der Waals surface area (Å²) in [5.74, 6) is 0.225. The Labute approximate surface area is 146 Å². The van der Waals surface area contributed by atoms with Crippen LogP contribution in [0.25, 0.3) is 0 Å². The number of amidine groups is 1. The van der Waals surface area contributed by atoms with Gasteiger partial charge in [-0.2, -0.15) is 0 Å².